The second-order valence-electron chi connectivity index (χ2n) is 6.07. The van der Waals surface area contributed by atoms with Crippen LogP contribution in [0.25, 0.3) is 0 Å². The maximum absolute atomic E-state index is 12.3. The fraction of sp³-hybridized carbons (Fsp3) is 0.611. The largest absolute Gasteiger partial charge is 0.496 e. The van der Waals surface area contributed by atoms with Crippen LogP contribution >= 0.6 is 0 Å². The summed E-state index contributed by atoms with van der Waals surface area (Å²) in [5.74, 6) is 0.747. The van der Waals surface area contributed by atoms with Gasteiger partial charge in [-0.1, -0.05) is 17.7 Å². The quantitative estimate of drug-likeness (QED) is 0.813. The second kappa shape index (κ2) is 9.01. The summed E-state index contributed by atoms with van der Waals surface area (Å²) >= 11 is 0. The van der Waals surface area contributed by atoms with Gasteiger partial charge in [0.15, 0.2) is 0 Å². The normalized spacial score (nSPS) is 23.8. The number of hydrogen-bond donors (Lipinski definition) is 1. The summed E-state index contributed by atoms with van der Waals surface area (Å²) in [6.07, 6.45) is 0.0872. The molecule has 3 atom stereocenters. The maximum Gasteiger partial charge on any atom is 0.224 e. The zero-order chi connectivity index (χ0) is 17.5. The van der Waals surface area contributed by atoms with Crippen LogP contribution in [0.15, 0.2) is 18.2 Å². The van der Waals surface area contributed by atoms with E-state index in [-0.39, 0.29) is 30.5 Å². The van der Waals surface area contributed by atoms with Crippen LogP contribution in [-0.2, 0) is 25.4 Å². The first-order chi connectivity index (χ1) is 11.6. The molecular weight excluding hydrogens is 310 g/mol. The van der Waals surface area contributed by atoms with E-state index in [1.165, 1.54) is 0 Å². The van der Waals surface area contributed by atoms with Gasteiger partial charge in [-0.3, -0.25) is 4.79 Å². The Kier molecular flexibility index (Phi) is 7.02. The highest BCUT2D eigenvalue weighted by Gasteiger charge is 2.34. The van der Waals surface area contributed by atoms with Gasteiger partial charge in [-0.05, 0) is 13.0 Å². The van der Waals surface area contributed by atoms with Crippen LogP contribution in [0.4, 0.5) is 0 Å². The van der Waals surface area contributed by atoms with Crippen LogP contribution < -0.4 is 10.1 Å². The Hall–Kier alpha value is -1.63. The van der Waals surface area contributed by atoms with Crippen molar-refractivity contribution < 1.29 is 23.7 Å². The SMILES string of the molecule is COc1ccc(C)cc1CC(=O)NC[C@@H]1COC[C@@H](OC)[C@H]1OC. The highest BCUT2D eigenvalue weighted by atomic mass is 16.6. The first-order valence-electron chi connectivity index (χ1n) is 8.12. The Morgan fingerprint density at radius 1 is 1.25 bits per heavy atom. The average molecular weight is 337 g/mol. The van der Waals surface area contributed by atoms with E-state index in [9.17, 15) is 4.79 Å². The van der Waals surface area contributed by atoms with Gasteiger partial charge in [0.25, 0.3) is 0 Å². The van der Waals surface area contributed by atoms with E-state index < -0.39 is 0 Å². The van der Waals surface area contributed by atoms with Gasteiger partial charge in [0.1, 0.15) is 11.9 Å². The van der Waals surface area contributed by atoms with Gasteiger partial charge in [0.05, 0.1) is 32.8 Å². The van der Waals surface area contributed by atoms with Gasteiger partial charge in [0, 0.05) is 32.2 Å². The lowest BCUT2D eigenvalue weighted by Gasteiger charge is -2.36. The molecule has 1 aliphatic rings. The third-order valence-corrected chi connectivity index (χ3v) is 4.37. The molecule has 1 saturated heterocycles. The Morgan fingerprint density at radius 3 is 2.71 bits per heavy atom. The van der Waals surface area contributed by atoms with Crippen molar-refractivity contribution in [1.29, 1.82) is 0 Å². The van der Waals surface area contributed by atoms with E-state index >= 15 is 0 Å². The number of benzene rings is 1. The van der Waals surface area contributed by atoms with Gasteiger partial charge < -0.3 is 24.3 Å². The molecule has 134 valence electrons. The van der Waals surface area contributed by atoms with Crippen LogP contribution in [0.3, 0.4) is 0 Å². The molecule has 0 saturated carbocycles. The van der Waals surface area contributed by atoms with Crippen LogP contribution in [0.1, 0.15) is 11.1 Å². The van der Waals surface area contributed by atoms with Crippen LogP contribution in [0.2, 0.25) is 0 Å². The van der Waals surface area contributed by atoms with Gasteiger partial charge in [-0.25, -0.2) is 0 Å². The number of rotatable bonds is 7. The summed E-state index contributed by atoms with van der Waals surface area (Å²) in [6, 6.07) is 5.83. The Balaban J connectivity index is 1.92. The van der Waals surface area contributed by atoms with Crippen LogP contribution in [0.5, 0.6) is 5.75 Å². The maximum atomic E-state index is 12.3. The average Bonchev–Trinajstić information content (AvgIpc) is 2.59. The smallest absolute Gasteiger partial charge is 0.224 e. The summed E-state index contributed by atoms with van der Waals surface area (Å²) in [5, 5.41) is 2.97. The highest BCUT2D eigenvalue weighted by molar-refractivity contribution is 5.79. The number of hydrogen-bond acceptors (Lipinski definition) is 5. The van der Waals surface area contributed by atoms with Crippen molar-refractivity contribution in [2.24, 2.45) is 5.92 Å². The molecule has 2 rings (SSSR count). The minimum atomic E-state index is -0.109. The van der Waals surface area contributed by atoms with Crippen molar-refractivity contribution in [3.05, 3.63) is 29.3 Å². The molecule has 0 spiro atoms. The van der Waals surface area contributed by atoms with E-state index in [4.69, 9.17) is 18.9 Å². The van der Waals surface area contributed by atoms with Gasteiger partial charge in [0.2, 0.25) is 5.91 Å². The lowest BCUT2D eigenvalue weighted by atomic mass is 9.96. The number of aryl methyl sites for hydroxylation is 1. The second-order valence-corrected chi connectivity index (χ2v) is 6.07. The number of carbonyl (C=O) groups excluding carboxylic acids is 1. The number of ether oxygens (including phenoxy) is 4. The lowest BCUT2D eigenvalue weighted by Crippen LogP contribution is -2.50. The number of methoxy groups -OCH3 is 3. The molecule has 6 heteroatoms. The predicted molar refractivity (Wildman–Crippen MR) is 90.3 cm³/mol. The van der Waals surface area contributed by atoms with Gasteiger partial charge in [-0.15, -0.1) is 0 Å². The fourth-order valence-corrected chi connectivity index (χ4v) is 3.08. The van der Waals surface area contributed by atoms with Crippen molar-refractivity contribution in [1.82, 2.24) is 5.32 Å². The number of amides is 1. The van der Waals surface area contributed by atoms with Crippen molar-refractivity contribution in [3.8, 4) is 5.75 Å². The topological polar surface area (TPSA) is 66.0 Å². The van der Waals surface area contributed by atoms with Crippen molar-refractivity contribution in [2.45, 2.75) is 25.6 Å². The van der Waals surface area contributed by atoms with E-state index in [0.29, 0.717) is 19.8 Å². The molecule has 1 amide bonds. The molecule has 0 aliphatic carbocycles. The Morgan fingerprint density at radius 2 is 2.04 bits per heavy atom. The zero-order valence-corrected chi connectivity index (χ0v) is 14.8. The minimum Gasteiger partial charge on any atom is -0.496 e. The van der Waals surface area contributed by atoms with E-state index in [1.54, 1.807) is 21.3 Å². The summed E-state index contributed by atoms with van der Waals surface area (Å²) in [5.41, 5.74) is 1.98. The van der Waals surface area contributed by atoms with Crippen LogP contribution in [0, 0.1) is 12.8 Å². The minimum absolute atomic E-state index is 0.0479. The van der Waals surface area contributed by atoms with Crippen molar-refractivity contribution in [3.63, 3.8) is 0 Å². The standard InChI is InChI=1S/C18H27NO5/c1-12-5-6-15(21-2)13(7-12)8-17(20)19-9-14-10-24-11-16(22-3)18(14)23-4/h5-7,14,16,18H,8-11H2,1-4H3,(H,19,20)/t14-,16-,18+/m1/s1. The molecule has 0 bridgehead atoms. The molecule has 24 heavy (non-hydrogen) atoms. The molecule has 1 fully saturated rings. The molecular formula is C18H27NO5. The number of carbonyl (C=O) groups is 1. The highest BCUT2D eigenvalue weighted by Crippen LogP contribution is 2.21. The van der Waals surface area contributed by atoms with Gasteiger partial charge in [-0.2, -0.15) is 0 Å². The van der Waals surface area contributed by atoms with E-state index in [0.717, 1.165) is 16.9 Å². The third-order valence-electron chi connectivity index (χ3n) is 4.37. The summed E-state index contributed by atoms with van der Waals surface area (Å²) < 4.78 is 21.8. The molecule has 6 nitrogen and oxygen atoms in total. The lowest BCUT2D eigenvalue weighted by molar-refractivity contribution is -0.147. The molecule has 0 radical (unpaired) electrons. The summed E-state index contributed by atoms with van der Waals surface area (Å²) in [6.45, 7) is 3.55. The first-order valence-corrected chi connectivity index (χ1v) is 8.12. The van der Waals surface area contributed by atoms with Gasteiger partial charge >= 0.3 is 0 Å². The van der Waals surface area contributed by atoms with E-state index in [2.05, 4.69) is 5.32 Å². The Bertz CT molecular complexity index is 548. The fourth-order valence-electron chi connectivity index (χ4n) is 3.08. The van der Waals surface area contributed by atoms with Crippen LogP contribution in [-0.4, -0.2) is 59.2 Å². The Labute approximate surface area is 143 Å². The predicted octanol–water partition coefficient (Wildman–Crippen LogP) is 1.34. The summed E-state index contributed by atoms with van der Waals surface area (Å²) in [4.78, 5) is 12.3. The number of nitrogens with one attached hydrogen (secondary N) is 1. The molecule has 0 aromatic heterocycles. The molecule has 1 aromatic rings. The van der Waals surface area contributed by atoms with Crippen molar-refractivity contribution >= 4 is 5.91 Å². The summed E-state index contributed by atoms with van der Waals surface area (Å²) in [7, 11) is 4.92. The molecule has 0 unspecified atom stereocenters. The molecule has 1 heterocycles. The van der Waals surface area contributed by atoms with Crippen molar-refractivity contribution in [2.75, 3.05) is 41.1 Å². The third kappa shape index (κ3) is 4.69. The molecule has 1 aromatic carbocycles. The molecule has 1 aliphatic heterocycles. The first kappa shape index (κ1) is 18.7. The van der Waals surface area contributed by atoms with E-state index in [1.807, 2.05) is 25.1 Å². The molecule has 1 N–H and O–H groups in total. The monoisotopic (exact) mass is 337 g/mol. The zero-order valence-electron chi connectivity index (χ0n) is 14.8.